The van der Waals surface area contributed by atoms with Crippen molar-refractivity contribution in [2.45, 2.75) is 25.7 Å². The van der Waals surface area contributed by atoms with E-state index in [0.717, 1.165) is 0 Å². The van der Waals surface area contributed by atoms with Crippen LogP contribution in [-0.4, -0.2) is 11.5 Å². The molecule has 0 aromatic rings. The van der Waals surface area contributed by atoms with Crippen molar-refractivity contribution in [2.75, 3.05) is 11.5 Å². The molecule has 0 amide bonds. The van der Waals surface area contributed by atoms with Gasteiger partial charge in [0.1, 0.15) is 0 Å². The highest BCUT2D eigenvalue weighted by molar-refractivity contribution is 7.99. The van der Waals surface area contributed by atoms with E-state index in [1.54, 1.807) is 0 Å². The van der Waals surface area contributed by atoms with E-state index in [9.17, 15) is 0 Å². The fraction of sp³-hybridized carbons (Fsp3) is 0.750. The molecule has 0 saturated heterocycles. The zero-order valence-electron chi connectivity index (χ0n) is 5.81. The molecule has 0 saturated carbocycles. The smallest absolute Gasteiger partial charge is 0.00329 e. The van der Waals surface area contributed by atoms with Crippen molar-refractivity contribution >= 4 is 11.8 Å². The van der Waals surface area contributed by atoms with Gasteiger partial charge in [0.2, 0.25) is 0 Å². The number of thioether (sulfide) groups is 1. The molecule has 0 spiro atoms. The van der Waals surface area contributed by atoms with Crippen LogP contribution < -0.4 is 0 Å². The third kappa shape index (κ3) is 3.63. The lowest BCUT2D eigenvalue weighted by atomic mass is 10.2. The van der Waals surface area contributed by atoms with E-state index in [1.165, 1.54) is 37.2 Å². The monoisotopic (exact) mass is 142 g/mol. The average molecular weight is 142 g/mol. The first-order valence-corrected chi connectivity index (χ1v) is 4.88. The van der Waals surface area contributed by atoms with Crippen LogP contribution in [0.5, 0.6) is 0 Å². The third-order valence-electron chi connectivity index (χ3n) is 1.50. The Hall–Kier alpha value is 0.0900. The van der Waals surface area contributed by atoms with E-state index in [1.807, 2.05) is 0 Å². The SMILES string of the molecule is C1=C/CCSCCCC/1. The fourth-order valence-corrected chi connectivity index (χ4v) is 1.87. The van der Waals surface area contributed by atoms with Crippen molar-refractivity contribution in [3.05, 3.63) is 12.2 Å². The van der Waals surface area contributed by atoms with Crippen molar-refractivity contribution in [1.82, 2.24) is 0 Å². The first-order chi connectivity index (χ1) is 4.50. The molecular weight excluding hydrogens is 128 g/mol. The van der Waals surface area contributed by atoms with Crippen molar-refractivity contribution in [3.63, 3.8) is 0 Å². The molecule has 1 heterocycles. The summed E-state index contributed by atoms with van der Waals surface area (Å²) in [5.41, 5.74) is 0. The maximum absolute atomic E-state index is 2.33. The largest absolute Gasteiger partial charge is 0.162 e. The van der Waals surface area contributed by atoms with Gasteiger partial charge in [-0.05, 0) is 37.2 Å². The number of hydrogen-bond donors (Lipinski definition) is 0. The van der Waals surface area contributed by atoms with Crippen LogP contribution in [0.15, 0.2) is 12.2 Å². The lowest BCUT2D eigenvalue weighted by Gasteiger charge is -1.94. The van der Waals surface area contributed by atoms with Gasteiger partial charge in [-0.3, -0.25) is 0 Å². The van der Waals surface area contributed by atoms with E-state index in [4.69, 9.17) is 0 Å². The topological polar surface area (TPSA) is 0 Å². The summed E-state index contributed by atoms with van der Waals surface area (Å²) in [6.45, 7) is 0. The van der Waals surface area contributed by atoms with E-state index in [0.29, 0.717) is 0 Å². The molecular formula is C8H14S. The average Bonchev–Trinajstić information content (AvgIpc) is 2.00. The van der Waals surface area contributed by atoms with E-state index >= 15 is 0 Å². The highest BCUT2D eigenvalue weighted by Crippen LogP contribution is 2.10. The Balaban J connectivity index is 2.15. The summed E-state index contributed by atoms with van der Waals surface area (Å²) in [6, 6.07) is 0. The van der Waals surface area contributed by atoms with E-state index in [-0.39, 0.29) is 0 Å². The minimum absolute atomic E-state index is 1.28. The van der Waals surface area contributed by atoms with Crippen LogP contribution in [0.4, 0.5) is 0 Å². The van der Waals surface area contributed by atoms with Crippen LogP contribution in [0.3, 0.4) is 0 Å². The number of allylic oxidation sites excluding steroid dienone is 2. The van der Waals surface area contributed by atoms with Crippen LogP contribution in [0.1, 0.15) is 25.7 Å². The van der Waals surface area contributed by atoms with Crippen molar-refractivity contribution in [3.8, 4) is 0 Å². The van der Waals surface area contributed by atoms with Gasteiger partial charge >= 0.3 is 0 Å². The zero-order valence-corrected chi connectivity index (χ0v) is 6.62. The summed E-state index contributed by atoms with van der Waals surface area (Å²) in [4.78, 5) is 0. The van der Waals surface area contributed by atoms with E-state index in [2.05, 4.69) is 23.9 Å². The molecule has 0 aliphatic carbocycles. The molecule has 1 rings (SSSR count). The molecule has 0 radical (unpaired) electrons. The van der Waals surface area contributed by atoms with Gasteiger partial charge in [0.25, 0.3) is 0 Å². The molecule has 0 nitrogen and oxygen atoms in total. The summed E-state index contributed by atoms with van der Waals surface area (Å²) >= 11 is 2.09. The maximum Gasteiger partial charge on any atom is -0.00329 e. The molecule has 1 heteroatoms. The zero-order chi connectivity index (χ0) is 6.36. The minimum atomic E-state index is 1.28. The van der Waals surface area contributed by atoms with Gasteiger partial charge in [0.05, 0.1) is 0 Å². The molecule has 0 atom stereocenters. The van der Waals surface area contributed by atoms with Gasteiger partial charge in [-0.1, -0.05) is 12.2 Å². The maximum atomic E-state index is 2.33. The molecule has 52 valence electrons. The predicted molar refractivity (Wildman–Crippen MR) is 44.9 cm³/mol. The summed E-state index contributed by atoms with van der Waals surface area (Å²) < 4.78 is 0. The Kier molecular flexibility index (Phi) is 3.94. The molecule has 1 aliphatic rings. The first-order valence-electron chi connectivity index (χ1n) is 3.73. The number of hydrogen-bond acceptors (Lipinski definition) is 1. The lowest BCUT2D eigenvalue weighted by Crippen LogP contribution is -1.79. The molecule has 0 aromatic heterocycles. The van der Waals surface area contributed by atoms with Gasteiger partial charge in [-0.25, -0.2) is 0 Å². The normalized spacial score (nSPS) is 25.8. The van der Waals surface area contributed by atoms with E-state index < -0.39 is 0 Å². The Labute approximate surface area is 61.7 Å². The fourth-order valence-electron chi connectivity index (χ4n) is 0.955. The lowest BCUT2D eigenvalue weighted by molar-refractivity contribution is 0.824. The number of rotatable bonds is 0. The second-order valence-corrected chi connectivity index (χ2v) is 3.59. The van der Waals surface area contributed by atoms with Crippen LogP contribution in [-0.2, 0) is 0 Å². The summed E-state index contributed by atoms with van der Waals surface area (Å²) in [6.07, 6.45) is 10.0. The highest BCUT2D eigenvalue weighted by Gasteiger charge is 1.90. The molecule has 9 heavy (non-hydrogen) atoms. The Morgan fingerprint density at radius 3 is 2.78 bits per heavy atom. The molecule has 0 fully saturated rings. The first kappa shape index (κ1) is 7.20. The molecule has 0 aromatic carbocycles. The predicted octanol–water partition coefficient (Wildman–Crippen LogP) is 2.85. The molecule has 0 N–H and O–H groups in total. The van der Waals surface area contributed by atoms with Gasteiger partial charge in [-0.2, -0.15) is 11.8 Å². The van der Waals surface area contributed by atoms with Crippen molar-refractivity contribution in [2.24, 2.45) is 0 Å². The summed E-state index contributed by atoms with van der Waals surface area (Å²) in [7, 11) is 0. The second kappa shape index (κ2) is 4.92. The van der Waals surface area contributed by atoms with Gasteiger partial charge in [0, 0.05) is 0 Å². The summed E-state index contributed by atoms with van der Waals surface area (Å²) in [5, 5.41) is 0. The standard InChI is InChI=1S/C8H14S/c1-2-4-6-8-9-7-5-3-1/h1,3H,2,4-8H2/b3-1+. The molecule has 0 bridgehead atoms. The minimum Gasteiger partial charge on any atom is -0.162 e. The van der Waals surface area contributed by atoms with Crippen LogP contribution in [0, 0.1) is 0 Å². The van der Waals surface area contributed by atoms with Gasteiger partial charge < -0.3 is 0 Å². The van der Waals surface area contributed by atoms with Crippen molar-refractivity contribution < 1.29 is 0 Å². The van der Waals surface area contributed by atoms with Crippen LogP contribution in [0.25, 0.3) is 0 Å². The third-order valence-corrected chi connectivity index (χ3v) is 2.61. The quantitative estimate of drug-likeness (QED) is 0.469. The summed E-state index contributed by atoms with van der Waals surface area (Å²) in [5.74, 6) is 2.71. The van der Waals surface area contributed by atoms with Gasteiger partial charge in [-0.15, -0.1) is 0 Å². The Bertz CT molecular complexity index is 76.6. The van der Waals surface area contributed by atoms with Gasteiger partial charge in [0.15, 0.2) is 0 Å². The Morgan fingerprint density at radius 2 is 1.78 bits per heavy atom. The molecule has 1 aliphatic heterocycles. The molecule has 0 unspecified atom stereocenters. The van der Waals surface area contributed by atoms with Crippen molar-refractivity contribution in [1.29, 1.82) is 0 Å². The highest BCUT2D eigenvalue weighted by atomic mass is 32.2. The second-order valence-electron chi connectivity index (χ2n) is 2.37. The van der Waals surface area contributed by atoms with Crippen LogP contribution in [0.2, 0.25) is 0 Å². The van der Waals surface area contributed by atoms with Crippen LogP contribution >= 0.6 is 11.8 Å². The Morgan fingerprint density at radius 1 is 0.889 bits per heavy atom.